The number of amides is 5. The highest BCUT2D eigenvalue weighted by Gasteiger charge is 2.44. The predicted molar refractivity (Wildman–Crippen MR) is 222 cm³/mol. The monoisotopic (exact) mass is 801 g/mol. The topological polar surface area (TPSA) is 197 Å². The Hall–Kier alpha value is -6.68. The van der Waals surface area contributed by atoms with Crippen molar-refractivity contribution in [1.82, 2.24) is 20.2 Å². The molecule has 16 heteroatoms. The van der Waals surface area contributed by atoms with Crippen molar-refractivity contribution >= 4 is 64.4 Å². The summed E-state index contributed by atoms with van der Waals surface area (Å²) in [6, 6.07) is 19.3. The molecule has 1 aromatic heterocycles. The van der Waals surface area contributed by atoms with Gasteiger partial charge in [-0.05, 0) is 61.2 Å². The molecule has 1 atom stereocenters. The average molecular weight is 802 g/mol. The van der Waals surface area contributed by atoms with Crippen LogP contribution in [-0.2, 0) is 25.5 Å². The highest BCUT2D eigenvalue weighted by Crippen LogP contribution is 2.33. The molecule has 0 aliphatic carbocycles. The molecule has 5 amide bonds. The predicted octanol–water partition coefficient (Wildman–Crippen LogP) is 5.35. The number of nitrogens with one attached hydrogen (secondary N) is 4. The van der Waals surface area contributed by atoms with Gasteiger partial charge in [-0.2, -0.15) is 15.1 Å². The van der Waals surface area contributed by atoms with Gasteiger partial charge in [0.1, 0.15) is 11.9 Å². The number of ether oxygens (including phenoxy) is 2. The van der Waals surface area contributed by atoms with Gasteiger partial charge >= 0.3 is 6.01 Å². The number of benzene rings is 3. The smallest absolute Gasteiger partial charge is 0.320 e. The number of anilines is 5. The third-order valence-electron chi connectivity index (χ3n) is 10.2. The first kappa shape index (κ1) is 40.5. The van der Waals surface area contributed by atoms with Crippen LogP contribution in [0.1, 0.15) is 82.9 Å². The van der Waals surface area contributed by atoms with Gasteiger partial charge in [0.25, 0.3) is 11.8 Å². The van der Waals surface area contributed by atoms with E-state index in [1.807, 2.05) is 55.5 Å². The van der Waals surface area contributed by atoms with E-state index in [-0.39, 0.29) is 42.5 Å². The fraction of sp³-hybridized carbons (Fsp3) is 0.349. The number of unbranched alkanes of at least 4 members (excludes halogenated alkanes) is 2. The van der Waals surface area contributed by atoms with Crippen LogP contribution in [0.2, 0.25) is 0 Å². The standard InChI is InChI=1S/C43H47N9O7/c1-3-4-5-9-38(53)46-33-13-10-28(23-34(33)45-30-11-12-31-32(24-30)42(57)52(41(31)56)35-14-15-39(54)49-40(35)55)16-19-59-43-47-36(25-37(48-43)51-17-20-58-21-18-51)50-44-26-29-8-6-7-27(2)22-29/h6-8,10-13,22-26,35,45H,3-5,9,14-21H2,1-2H3,(H,46,53)(H,47,48,50)(H,49,54,55)/b44-26+. The van der Waals surface area contributed by atoms with Crippen LogP contribution >= 0.6 is 0 Å². The van der Waals surface area contributed by atoms with E-state index in [1.165, 1.54) is 6.07 Å². The molecule has 1 unspecified atom stereocenters. The van der Waals surface area contributed by atoms with Gasteiger partial charge in [-0.3, -0.25) is 39.6 Å². The first-order chi connectivity index (χ1) is 28.6. The molecule has 3 aliphatic rings. The Morgan fingerprint density at radius 1 is 0.966 bits per heavy atom. The Morgan fingerprint density at radius 2 is 1.80 bits per heavy atom. The quantitative estimate of drug-likeness (QED) is 0.0492. The molecule has 16 nitrogen and oxygen atoms in total. The zero-order chi connectivity index (χ0) is 41.3. The van der Waals surface area contributed by atoms with Crippen LogP contribution in [0, 0.1) is 6.92 Å². The largest absolute Gasteiger partial charge is 0.463 e. The number of piperidine rings is 1. The van der Waals surface area contributed by atoms with Crippen LogP contribution in [0.4, 0.5) is 28.7 Å². The van der Waals surface area contributed by atoms with Gasteiger partial charge in [0.2, 0.25) is 17.7 Å². The van der Waals surface area contributed by atoms with Gasteiger partial charge in [-0.15, -0.1) is 0 Å². The number of carbonyl (C=O) groups excluding carboxylic acids is 5. The Balaban J connectivity index is 1.08. The van der Waals surface area contributed by atoms with Gasteiger partial charge in [-0.1, -0.05) is 55.7 Å². The van der Waals surface area contributed by atoms with Crippen molar-refractivity contribution in [3.05, 3.63) is 94.5 Å². The number of aromatic nitrogens is 2. The van der Waals surface area contributed by atoms with Crippen LogP contribution in [0.25, 0.3) is 0 Å². The highest BCUT2D eigenvalue weighted by molar-refractivity contribution is 6.23. The van der Waals surface area contributed by atoms with E-state index in [0.717, 1.165) is 40.9 Å². The summed E-state index contributed by atoms with van der Waals surface area (Å²) in [6.45, 7) is 6.84. The lowest BCUT2D eigenvalue weighted by molar-refractivity contribution is -0.136. The molecule has 3 aliphatic heterocycles. The molecule has 0 bridgehead atoms. The van der Waals surface area contributed by atoms with E-state index in [4.69, 9.17) is 14.5 Å². The molecule has 59 heavy (non-hydrogen) atoms. The van der Waals surface area contributed by atoms with E-state index in [2.05, 4.69) is 43.3 Å². The summed E-state index contributed by atoms with van der Waals surface area (Å²) < 4.78 is 11.7. The zero-order valence-electron chi connectivity index (χ0n) is 33.1. The number of hydrazone groups is 1. The number of hydrogen-bond donors (Lipinski definition) is 4. The van der Waals surface area contributed by atoms with Crippen LogP contribution in [0.5, 0.6) is 6.01 Å². The van der Waals surface area contributed by atoms with Crippen molar-refractivity contribution in [3.63, 3.8) is 0 Å². The maximum absolute atomic E-state index is 13.5. The minimum absolute atomic E-state index is 0.0288. The van der Waals surface area contributed by atoms with Gasteiger partial charge in [0.15, 0.2) is 5.82 Å². The molecule has 7 rings (SSSR count). The number of rotatable bonds is 16. The summed E-state index contributed by atoms with van der Waals surface area (Å²) in [6.07, 6.45) is 5.32. The third-order valence-corrected chi connectivity index (χ3v) is 10.2. The zero-order valence-corrected chi connectivity index (χ0v) is 33.1. The third kappa shape index (κ3) is 10.1. The molecule has 0 radical (unpaired) electrons. The molecular formula is C43H47N9O7. The maximum Gasteiger partial charge on any atom is 0.320 e. The van der Waals surface area contributed by atoms with E-state index in [1.54, 1.807) is 18.3 Å². The Kier molecular flexibility index (Phi) is 12.9. The first-order valence-electron chi connectivity index (χ1n) is 19.9. The Labute approximate surface area is 341 Å². The second kappa shape index (κ2) is 18.7. The normalized spacial score (nSPS) is 16.6. The molecule has 2 fully saturated rings. The maximum atomic E-state index is 13.5. The van der Waals surface area contributed by atoms with E-state index in [9.17, 15) is 24.0 Å². The Bertz CT molecular complexity index is 2270. The number of hydrogen-bond acceptors (Lipinski definition) is 13. The number of nitrogens with zero attached hydrogens (tertiary/aromatic N) is 5. The summed E-state index contributed by atoms with van der Waals surface area (Å²) >= 11 is 0. The number of morpholine rings is 1. The lowest BCUT2D eigenvalue weighted by Crippen LogP contribution is -2.54. The molecule has 4 heterocycles. The van der Waals surface area contributed by atoms with Gasteiger partial charge in [0.05, 0.1) is 48.5 Å². The fourth-order valence-corrected chi connectivity index (χ4v) is 7.08. The minimum Gasteiger partial charge on any atom is -0.463 e. The number of fused-ring (bicyclic) bond motifs is 1. The number of aryl methyl sites for hydroxylation is 1. The van der Waals surface area contributed by atoms with Crippen molar-refractivity contribution in [2.45, 2.75) is 64.8 Å². The summed E-state index contributed by atoms with van der Waals surface area (Å²) in [4.78, 5) is 76.4. The minimum atomic E-state index is -1.07. The van der Waals surface area contributed by atoms with Crippen molar-refractivity contribution in [2.24, 2.45) is 5.10 Å². The summed E-state index contributed by atoms with van der Waals surface area (Å²) in [7, 11) is 0. The van der Waals surface area contributed by atoms with Crippen molar-refractivity contribution in [2.75, 3.05) is 53.9 Å². The van der Waals surface area contributed by atoms with E-state index >= 15 is 0 Å². The summed E-state index contributed by atoms with van der Waals surface area (Å²) in [5.74, 6) is -1.29. The van der Waals surface area contributed by atoms with Crippen LogP contribution in [0.15, 0.2) is 71.8 Å². The molecule has 4 N–H and O–H groups in total. The van der Waals surface area contributed by atoms with Crippen LogP contribution < -0.4 is 31.0 Å². The number of carbonyl (C=O) groups is 5. The van der Waals surface area contributed by atoms with Gasteiger partial charge in [0, 0.05) is 44.1 Å². The molecule has 0 spiro atoms. The van der Waals surface area contributed by atoms with Crippen LogP contribution in [0.3, 0.4) is 0 Å². The van der Waals surface area contributed by atoms with Crippen LogP contribution in [-0.4, -0.2) is 89.6 Å². The lowest BCUT2D eigenvalue weighted by atomic mass is 10.0. The fourth-order valence-electron chi connectivity index (χ4n) is 7.08. The molecule has 0 saturated carbocycles. The molecule has 4 aromatic rings. The molecular weight excluding hydrogens is 755 g/mol. The second-order valence-corrected chi connectivity index (χ2v) is 14.6. The number of imide groups is 2. The van der Waals surface area contributed by atoms with Gasteiger partial charge < -0.3 is 25.0 Å². The summed E-state index contributed by atoms with van der Waals surface area (Å²) in [5.41, 5.74) is 7.85. The molecule has 306 valence electrons. The highest BCUT2D eigenvalue weighted by atomic mass is 16.5. The van der Waals surface area contributed by atoms with Crippen molar-refractivity contribution in [3.8, 4) is 6.01 Å². The first-order valence-corrected chi connectivity index (χ1v) is 19.9. The summed E-state index contributed by atoms with van der Waals surface area (Å²) in [5, 5.41) is 13.0. The van der Waals surface area contributed by atoms with Crippen molar-refractivity contribution < 1.29 is 33.4 Å². The second-order valence-electron chi connectivity index (χ2n) is 14.6. The molecule has 2 saturated heterocycles. The average Bonchev–Trinajstić information content (AvgIpc) is 3.47. The molecule has 3 aromatic carbocycles. The van der Waals surface area contributed by atoms with E-state index < -0.39 is 29.7 Å². The van der Waals surface area contributed by atoms with Gasteiger partial charge in [-0.25, -0.2) is 0 Å². The Morgan fingerprint density at radius 3 is 2.59 bits per heavy atom. The lowest BCUT2D eigenvalue weighted by Gasteiger charge is -2.28. The SMILES string of the molecule is CCCCCC(=O)Nc1ccc(CCOc2nc(N/N=C/c3cccc(C)c3)cc(N3CCOCC3)n2)cc1Nc1ccc2c(c1)C(=O)N(C1CCC(=O)NC1=O)C2=O. The van der Waals surface area contributed by atoms with Crippen molar-refractivity contribution in [1.29, 1.82) is 0 Å². The van der Waals surface area contributed by atoms with E-state index in [0.29, 0.717) is 67.8 Å².